The maximum Gasteiger partial charge on any atom is 0.325 e. The van der Waals surface area contributed by atoms with E-state index in [4.69, 9.17) is 4.74 Å². The van der Waals surface area contributed by atoms with Gasteiger partial charge in [-0.2, -0.15) is 0 Å². The molecule has 0 aromatic heterocycles. The molecule has 0 aromatic carbocycles. The Kier molecular flexibility index (Phi) is 7.39. The molecule has 3 heteroatoms. The summed E-state index contributed by atoms with van der Waals surface area (Å²) < 4.78 is 4.86. The van der Waals surface area contributed by atoms with Gasteiger partial charge in [0.2, 0.25) is 0 Å². The summed E-state index contributed by atoms with van der Waals surface area (Å²) in [4.78, 5) is 11.7. The Labute approximate surface area is 99.9 Å². The Hall–Kier alpha value is -0.570. The van der Waals surface area contributed by atoms with Crippen LogP contribution in [0.2, 0.25) is 0 Å². The lowest BCUT2D eigenvalue weighted by atomic mass is 9.94. The first-order chi connectivity index (χ1) is 7.50. The van der Waals surface area contributed by atoms with Gasteiger partial charge in [0.1, 0.15) is 5.54 Å². The Morgan fingerprint density at radius 3 is 2.44 bits per heavy atom. The smallest absolute Gasteiger partial charge is 0.325 e. The molecule has 0 fully saturated rings. The molecule has 0 radical (unpaired) electrons. The summed E-state index contributed by atoms with van der Waals surface area (Å²) in [6, 6.07) is 0. The fraction of sp³-hybridized carbons (Fsp3) is 0.923. The summed E-state index contributed by atoms with van der Waals surface area (Å²) in [6.45, 7) is 9.28. The van der Waals surface area contributed by atoms with E-state index in [0.717, 1.165) is 19.4 Å². The van der Waals surface area contributed by atoms with Crippen LogP contribution >= 0.6 is 0 Å². The number of hydrogen-bond acceptors (Lipinski definition) is 3. The second-order valence-electron chi connectivity index (χ2n) is 4.85. The zero-order valence-electron chi connectivity index (χ0n) is 11.4. The number of carbonyl (C=O) groups is 1. The summed E-state index contributed by atoms with van der Waals surface area (Å²) >= 11 is 0. The van der Waals surface area contributed by atoms with Crippen molar-refractivity contribution in [2.24, 2.45) is 5.92 Å². The van der Waals surface area contributed by atoms with Gasteiger partial charge in [0.05, 0.1) is 7.11 Å². The van der Waals surface area contributed by atoms with Gasteiger partial charge in [-0.25, -0.2) is 0 Å². The minimum Gasteiger partial charge on any atom is -0.468 e. The lowest BCUT2D eigenvalue weighted by Gasteiger charge is -2.29. The molecule has 0 rings (SSSR count). The number of hydrogen-bond donors (Lipinski definition) is 1. The van der Waals surface area contributed by atoms with E-state index < -0.39 is 5.54 Å². The number of esters is 1. The average Bonchev–Trinajstić information content (AvgIpc) is 2.26. The molecule has 16 heavy (non-hydrogen) atoms. The van der Waals surface area contributed by atoms with Crippen molar-refractivity contribution < 1.29 is 9.53 Å². The van der Waals surface area contributed by atoms with E-state index in [1.165, 1.54) is 20.0 Å². The lowest BCUT2D eigenvalue weighted by molar-refractivity contribution is -0.148. The maximum absolute atomic E-state index is 11.7. The fourth-order valence-corrected chi connectivity index (χ4v) is 1.98. The van der Waals surface area contributed by atoms with Gasteiger partial charge < -0.3 is 10.1 Å². The van der Waals surface area contributed by atoms with Crippen molar-refractivity contribution in [2.45, 2.75) is 58.9 Å². The molecule has 0 spiro atoms. The van der Waals surface area contributed by atoms with Crippen LogP contribution in [-0.4, -0.2) is 25.2 Å². The highest BCUT2D eigenvalue weighted by Crippen LogP contribution is 2.15. The van der Waals surface area contributed by atoms with Crippen LogP contribution in [0.5, 0.6) is 0 Å². The monoisotopic (exact) mass is 229 g/mol. The van der Waals surface area contributed by atoms with Crippen LogP contribution in [0.25, 0.3) is 0 Å². The summed E-state index contributed by atoms with van der Waals surface area (Å²) in [5.74, 6) is 0.448. The van der Waals surface area contributed by atoms with Crippen molar-refractivity contribution in [3.63, 3.8) is 0 Å². The van der Waals surface area contributed by atoms with Crippen LogP contribution in [0.4, 0.5) is 0 Å². The molecule has 0 heterocycles. The minimum atomic E-state index is -0.522. The van der Waals surface area contributed by atoms with Crippen molar-refractivity contribution in [1.82, 2.24) is 5.32 Å². The molecule has 0 saturated heterocycles. The first-order valence-corrected chi connectivity index (χ1v) is 6.33. The standard InChI is InChI=1S/C13H27NO2/c1-6-8-11(3)10-14-13(4,9-7-2)12(15)16-5/h11,14H,6-10H2,1-5H3. The topological polar surface area (TPSA) is 38.3 Å². The predicted molar refractivity (Wildman–Crippen MR) is 67.4 cm³/mol. The summed E-state index contributed by atoms with van der Waals surface area (Å²) in [5, 5.41) is 3.36. The molecule has 3 nitrogen and oxygen atoms in total. The quantitative estimate of drug-likeness (QED) is 0.650. The number of ether oxygens (including phenoxy) is 1. The highest BCUT2D eigenvalue weighted by molar-refractivity contribution is 5.80. The van der Waals surface area contributed by atoms with E-state index in [9.17, 15) is 4.79 Å². The van der Waals surface area contributed by atoms with Gasteiger partial charge in [-0.15, -0.1) is 0 Å². The first kappa shape index (κ1) is 15.4. The Balaban J connectivity index is 4.27. The van der Waals surface area contributed by atoms with Gasteiger partial charge in [-0.1, -0.05) is 33.6 Å². The van der Waals surface area contributed by atoms with E-state index in [0.29, 0.717) is 5.92 Å². The molecule has 0 aliphatic rings. The molecule has 96 valence electrons. The van der Waals surface area contributed by atoms with Crippen LogP contribution in [0.15, 0.2) is 0 Å². The second-order valence-corrected chi connectivity index (χ2v) is 4.85. The SMILES string of the molecule is CCCC(C)CNC(C)(CCC)C(=O)OC. The number of rotatable bonds is 8. The molecule has 1 N–H and O–H groups in total. The van der Waals surface area contributed by atoms with Gasteiger partial charge in [0.15, 0.2) is 0 Å². The van der Waals surface area contributed by atoms with Crippen molar-refractivity contribution in [3.8, 4) is 0 Å². The highest BCUT2D eigenvalue weighted by atomic mass is 16.5. The second kappa shape index (κ2) is 7.66. The lowest BCUT2D eigenvalue weighted by Crippen LogP contribution is -2.51. The Morgan fingerprint density at radius 1 is 1.38 bits per heavy atom. The normalized spacial score (nSPS) is 16.6. The minimum absolute atomic E-state index is 0.155. The molecule has 2 atom stereocenters. The molecular formula is C13H27NO2. The third kappa shape index (κ3) is 4.97. The zero-order chi connectivity index (χ0) is 12.6. The summed E-state index contributed by atoms with van der Waals surface area (Å²) in [6.07, 6.45) is 4.17. The van der Waals surface area contributed by atoms with Gasteiger partial charge >= 0.3 is 5.97 Å². The van der Waals surface area contributed by atoms with E-state index in [1.54, 1.807) is 0 Å². The van der Waals surface area contributed by atoms with Crippen LogP contribution in [0.3, 0.4) is 0 Å². The average molecular weight is 229 g/mol. The molecule has 0 saturated carbocycles. The fourth-order valence-electron chi connectivity index (χ4n) is 1.98. The predicted octanol–water partition coefficient (Wildman–Crippen LogP) is 2.74. The van der Waals surface area contributed by atoms with E-state index in [1.807, 2.05) is 6.92 Å². The van der Waals surface area contributed by atoms with Crippen molar-refractivity contribution in [1.29, 1.82) is 0 Å². The number of carbonyl (C=O) groups excluding carboxylic acids is 1. The largest absolute Gasteiger partial charge is 0.468 e. The molecule has 2 unspecified atom stereocenters. The van der Waals surface area contributed by atoms with E-state index >= 15 is 0 Å². The van der Waals surface area contributed by atoms with Crippen LogP contribution in [0, 0.1) is 5.92 Å². The maximum atomic E-state index is 11.7. The summed E-state index contributed by atoms with van der Waals surface area (Å²) in [5.41, 5.74) is -0.522. The van der Waals surface area contributed by atoms with Gasteiger partial charge in [0, 0.05) is 0 Å². The molecule has 0 aliphatic carbocycles. The summed E-state index contributed by atoms with van der Waals surface area (Å²) in [7, 11) is 1.45. The van der Waals surface area contributed by atoms with Crippen molar-refractivity contribution in [2.75, 3.05) is 13.7 Å². The van der Waals surface area contributed by atoms with Gasteiger partial charge in [0.25, 0.3) is 0 Å². The molecule has 0 bridgehead atoms. The van der Waals surface area contributed by atoms with E-state index in [2.05, 4.69) is 26.1 Å². The number of nitrogens with one attached hydrogen (secondary N) is 1. The van der Waals surface area contributed by atoms with Crippen LogP contribution in [0.1, 0.15) is 53.4 Å². The Bertz CT molecular complexity index is 206. The van der Waals surface area contributed by atoms with Crippen molar-refractivity contribution in [3.05, 3.63) is 0 Å². The van der Waals surface area contributed by atoms with Crippen LogP contribution < -0.4 is 5.32 Å². The van der Waals surface area contributed by atoms with Crippen molar-refractivity contribution >= 4 is 5.97 Å². The molecular weight excluding hydrogens is 202 g/mol. The van der Waals surface area contributed by atoms with E-state index in [-0.39, 0.29) is 5.97 Å². The molecule has 0 aromatic rings. The third-order valence-corrected chi connectivity index (χ3v) is 3.01. The van der Waals surface area contributed by atoms with Gasteiger partial charge in [-0.3, -0.25) is 4.79 Å². The number of methoxy groups -OCH3 is 1. The molecule has 0 aliphatic heterocycles. The third-order valence-electron chi connectivity index (χ3n) is 3.01. The molecule has 0 amide bonds. The highest BCUT2D eigenvalue weighted by Gasteiger charge is 2.32. The van der Waals surface area contributed by atoms with Crippen LogP contribution in [-0.2, 0) is 9.53 Å². The van der Waals surface area contributed by atoms with Gasteiger partial charge in [-0.05, 0) is 32.2 Å². The first-order valence-electron chi connectivity index (χ1n) is 6.33. The Morgan fingerprint density at radius 2 is 2.00 bits per heavy atom. The zero-order valence-corrected chi connectivity index (χ0v) is 11.4.